The van der Waals surface area contributed by atoms with E-state index in [2.05, 4.69) is 37.1 Å². The first kappa shape index (κ1) is 18.9. The molecule has 6 rings (SSSR count). The van der Waals surface area contributed by atoms with Crippen LogP contribution < -0.4 is 4.90 Å². The number of benzene rings is 1. The summed E-state index contributed by atoms with van der Waals surface area (Å²) in [6, 6.07) is 7.14. The second-order valence-electron chi connectivity index (χ2n) is 10.7. The summed E-state index contributed by atoms with van der Waals surface area (Å²) in [5.41, 5.74) is 8.78. The molecule has 4 aliphatic carbocycles. The molecule has 0 aromatic heterocycles. The molecule has 2 saturated carbocycles. The molecule has 0 saturated heterocycles. The molecular formula is C27H33NO2. The Labute approximate surface area is 179 Å². The first-order valence-corrected chi connectivity index (χ1v) is 11.9. The summed E-state index contributed by atoms with van der Waals surface area (Å²) >= 11 is 0. The maximum atomic E-state index is 12.1. The minimum Gasteiger partial charge on any atom is -0.393 e. The predicted molar refractivity (Wildman–Crippen MR) is 120 cm³/mol. The first-order chi connectivity index (χ1) is 14.5. The highest BCUT2D eigenvalue weighted by molar-refractivity contribution is 5.93. The van der Waals surface area contributed by atoms with E-state index in [0.717, 1.165) is 51.5 Å². The number of aliphatic hydroxyl groups excluding tert-OH is 1. The van der Waals surface area contributed by atoms with E-state index in [9.17, 15) is 9.90 Å². The number of nitrogens with zero attached hydrogens (tertiary/aromatic N) is 1. The van der Waals surface area contributed by atoms with E-state index in [0.29, 0.717) is 30.0 Å². The van der Waals surface area contributed by atoms with Crippen molar-refractivity contribution in [2.75, 3.05) is 18.5 Å². The van der Waals surface area contributed by atoms with Gasteiger partial charge in [0.15, 0.2) is 5.78 Å². The highest BCUT2D eigenvalue weighted by atomic mass is 16.3. The molecule has 158 valence electrons. The Bertz CT molecular complexity index is 989. The molecule has 0 spiro atoms. The predicted octanol–water partition coefficient (Wildman–Crippen LogP) is 4.94. The normalized spacial score (nSPS) is 37.5. The van der Waals surface area contributed by atoms with Gasteiger partial charge in [0.2, 0.25) is 0 Å². The van der Waals surface area contributed by atoms with Gasteiger partial charge >= 0.3 is 0 Å². The summed E-state index contributed by atoms with van der Waals surface area (Å²) in [6.45, 7) is 3.47. The van der Waals surface area contributed by atoms with Gasteiger partial charge in [-0.25, -0.2) is 0 Å². The standard InChI is InChI=1S/C27H33NO2/c1-27-15-22(16-4-9-24-18(13-16)11-12-28(24)2)26-20-7-5-19(29)14-17(20)3-6-21(26)23(27)8-10-25(27)30/h4,9,13-14,21-23,25,30H,3,5-8,10-12,15H2,1-2H3. The number of hydrogen-bond acceptors (Lipinski definition) is 3. The molecule has 1 N–H and O–H groups in total. The van der Waals surface area contributed by atoms with E-state index >= 15 is 0 Å². The van der Waals surface area contributed by atoms with Crippen molar-refractivity contribution in [2.45, 2.75) is 70.3 Å². The van der Waals surface area contributed by atoms with Crippen LogP contribution in [0, 0.1) is 17.3 Å². The van der Waals surface area contributed by atoms with Crippen LogP contribution in [-0.4, -0.2) is 30.6 Å². The average Bonchev–Trinajstić information content (AvgIpc) is 3.26. The molecule has 5 unspecified atom stereocenters. The highest BCUT2D eigenvalue weighted by Crippen LogP contribution is 2.63. The zero-order chi connectivity index (χ0) is 20.6. The number of likely N-dealkylation sites (N-methyl/N-ethyl adjacent to an activating group) is 1. The lowest BCUT2D eigenvalue weighted by molar-refractivity contribution is -0.114. The largest absolute Gasteiger partial charge is 0.393 e. The van der Waals surface area contributed by atoms with Crippen LogP contribution in [0.15, 0.2) is 41.0 Å². The fourth-order valence-electron chi connectivity index (χ4n) is 7.73. The highest BCUT2D eigenvalue weighted by Gasteiger charge is 2.56. The number of carbonyl (C=O) groups is 1. The molecule has 5 atom stereocenters. The van der Waals surface area contributed by atoms with E-state index in [1.165, 1.54) is 28.0 Å². The Morgan fingerprint density at radius 1 is 1.10 bits per heavy atom. The van der Waals surface area contributed by atoms with Crippen molar-refractivity contribution in [1.82, 2.24) is 0 Å². The molecule has 0 radical (unpaired) electrons. The molecule has 1 heterocycles. The first-order valence-electron chi connectivity index (χ1n) is 11.9. The van der Waals surface area contributed by atoms with Crippen LogP contribution in [0.2, 0.25) is 0 Å². The molecule has 1 aromatic carbocycles. The van der Waals surface area contributed by atoms with Crippen molar-refractivity contribution < 1.29 is 9.90 Å². The van der Waals surface area contributed by atoms with Crippen LogP contribution >= 0.6 is 0 Å². The monoisotopic (exact) mass is 403 g/mol. The van der Waals surface area contributed by atoms with Crippen LogP contribution in [0.1, 0.15) is 68.9 Å². The lowest BCUT2D eigenvalue weighted by Gasteiger charge is -2.52. The van der Waals surface area contributed by atoms with E-state index < -0.39 is 0 Å². The van der Waals surface area contributed by atoms with E-state index in [-0.39, 0.29) is 11.5 Å². The molecule has 0 amide bonds. The molecule has 3 heteroatoms. The molecule has 5 aliphatic rings. The summed E-state index contributed by atoms with van der Waals surface area (Å²) in [5, 5.41) is 11.0. The van der Waals surface area contributed by atoms with Gasteiger partial charge in [0, 0.05) is 31.6 Å². The Balaban J connectivity index is 1.51. The Hall–Kier alpha value is -1.87. The molecule has 30 heavy (non-hydrogen) atoms. The van der Waals surface area contributed by atoms with Gasteiger partial charge in [-0.2, -0.15) is 0 Å². The number of allylic oxidation sites excluding steroid dienone is 4. The van der Waals surface area contributed by atoms with Gasteiger partial charge in [-0.05, 0) is 96.6 Å². The Morgan fingerprint density at radius 3 is 2.83 bits per heavy atom. The number of anilines is 1. The third-order valence-electron chi connectivity index (χ3n) is 9.32. The summed E-state index contributed by atoms with van der Waals surface area (Å²) in [6.07, 6.45) is 9.83. The summed E-state index contributed by atoms with van der Waals surface area (Å²) in [4.78, 5) is 14.5. The number of ketones is 1. The van der Waals surface area contributed by atoms with Gasteiger partial charge in [0.25, 0.3) is 0 Å². The lowest BCUT2D eigenvalue weighted by atomic mass is 9.53. The summed E-state index contributed by atoms with van der Waals surface area (Å²) in [7, 11) is 2.19. The zero-order valence-corrected chi connectivity index (χ0v) is 18.3. The molecule has 0 bridgehead atoms. The quantitative estimate of drug-likeness (QED) is 0.722. The number of fused-ring (bicyclic) bond motifs is 5. The number of carbonyl (C=O) groups excluding carboxylic acids is 1. The van der Waals surface area contributed by atoms with Crippen molar-refractivity contribution in [3.05, 3.63) is 52.1 Å². The molecule has 3 nitrogen and oxygen atoms in total. The van der Waals surface area contributed by atoms with Gasteiger partial charge in [-0.15, -0.1) is 0 Å². The fraction of sp³-hybridized carbons (Fsp3) is 0.593. The number of rotatable bonds is 1. The van der Waals surface area contributed by atoms with Crippen LogP contribution in [0.3, 0.4) is 0 Å². The maximum Gasteiger partial charge on any atom is 0.156 e. The van der Waals surface area contributed by atoms with Crippen molar-refractivity contribution in [2.24, 2.45) is 17.3 Å². The second-order valence-corrected chi connectivity index (χ2v) is 10.7. The van der Waals surface area contributed by atoms with Crippen LogP contribution in [0.4, 0.5) is 5.69 Å². The summed E-state index contributed by atoms with van der Waals surface area (Å²) in [5.74, 6) is 1.85. The van der Waals surface area contributed by atoms with Gasteiger partial charge < -0.3 is 10.0 Å². The van der Waals surface area contributed by atoms with Crippen LogP contribution in [0.25, 0.3) is 0 Å². The SMILES string of the molecule is CN1CCc2cc(C3CC4(C)C(O)CCC4C4CCC5=CC(=O)CCC5=C34)ccc21. The van der Waals surface area contributed by atoms with Crippen LogP contribution in [0.5, 0.6) is 0 Å². The van der Waals surface area contributed by atoms with E-state index in [4.69, 9.17) is 0 Å². The maximum absolute atomic E-state index is 12.1. The van der Waals surface area contributed by atoms with Crippen molar-refractivity contribution in [3.8, 4) is 0 Å². The van der Waals surface area contributed by atoms with Crippen LogP contribution in [-0.2, 0) is 11.2 Å². The molecular weight excluding hydrogens is 370 g/mol. The molecule has 2 fully saturated rings. The molecule has 1 aliphatic heterocycles. The van der Waals surface area contributed by atoms with Crippen molar-refractivity contribution in [3.63, 3.8) is 0 Å². The smallest absolute Gasteiger partial charge is 0.156 e. The van der Waals surface area contributed by atoms with Gasteiger partial charge in [-0.1, -0.05) is 24.6 Å². The summed E-state index contributed by atoms with van der Waals surface area (Å²) < 4.78 is 0. The second kappa shape index (κ2) is 6.56. The van der Waals surface area contributed by atoms with E-state index in [1.807, 2.05) is 6.08 Å². The Morgan fingerprint density at radius 2 is 1.97 bits per heavy atom. The van der Waals surface area contributed by atoms with Gasteiger partial charge in [0.05, 0.1) is 6.10 Å². The average molecular weight is 404 g/mol. The van der Waals surface area contributed by atoms with Crippen molar-refractivity contribution >= 4 is 11.5 Å². The zero-order valence-electron chi connectivity index (χ0n) is 18.3. The number of aliphatic hydroxyl groups is 1. The van der Waals surface area contributed by atoms with Crippen molar-refractivity contribution in [1.29, 1.82) is 0 Å². The topological polar surface area (TPSA) is 40.5 Å². The Kier molecular flexibility index (Phi) is 4.13. The number of hydrogen-bond donors (Lipinski definition) is 1. The third kappa shape index (κ3) is 2.57. The lowest BCUT2D eigenvalue weighted by Crippen LogP contribution is -2.45. The molecule has 1 aromatic rings. The van der Waals surface area contributed by atoms with E-state index in [1.54, 1.807) is 5.57 Å². The van der Waals surface area contributed by atoms with Gasteiger partial charge in [-0.3, -0.25) is 4.79 Å². The minimum absolute atomic E-state index is 0.0148. The van der Waals surface area contributed by atoms with Gasteiger partial charge in [0.1, 0.15) is 0 Å². The third-order valence-corrected chi connectivity index (χ3v) is 9.32. The minimum atomic E-state index is -0.179. The fourth-order valence-corrected chi connectivity index (χ4v) is 7.73.